The molecule has 0 aliphatic rings. The maximum atomic E-state index is 13.4. The van der Waals surface area contributed by atoms with Crippen LogP contribution in [0, 0.1) is 31.3 Å². The van der Waals surface area contributed by atoms with Crippen LogP contribution < -0.4 is 10.6 Å². The van der Waals surface area contributed by atoms with E-state index < -0.39 is 54.1 Å². The molecule has 0 saturated carbocycles. The zero-order valence-electron chi connectivity index (χ0n) is 14.3. The van der Waals surface area contributed by atoms with Crippen LogP contribution in [0.2, 0.25) is 0 Å². The van der Waals surface area contributed by atoms with Crippen LogP contribution in [0.3, 0.4) is 0 Å². The van der Waals surface area contributed by atoms with Crippen molar-refractivity contribution in [3.05, 3.63) is 52.7 Å². The molecule has 10 heteroatoms. The van der Waals surface area contributed by atoms with Gasteiger partial charge in [-0.3, -0.25) is 9.59 Å². The standard InChI is InChI=1S/C17H15F3N2O5/c1-8-5-10(9(2)27-8)17(25)26-7-14(24)21-6-13(23)22-12-4-3-11(18)15(19)16(12)20/h3-5H,6-7H2,1-2H3,(H,21,24)(H,22,23). The van der Waals surface area contributed by atoms with Crippen LogP contribution in [0.5, 0.6) is 0 Å². The van der Waals surface area contributed by atoms with Crippen LogP contribution in [0.4, 0.5) is 18.9 Å². The van der Waals surface area contributed by atoms with Gasteiger partial charge in [0.25, 0.3) is 5.91 Å². The maximum absolute atomic E-state index is 13.4. The van der Waals surface area contributed by atoms with E-state index in [1.54, 1.807) is 13.8 Å². The Balaban J connectivity index is 1.80. The van der Waals surface area contributed by atoms with E-state index in [0.717, 1.165) is 6.07 Å². The maximum Gasteiger partial charge on any atom is 0.342 e. The lowest BCUT2D eigenvalue weighted by Gasteiger charge is -2.09. The molecule has 2 rings (SSSR count). The summed E-state index contributed by atoms with van der Waals surface area (Å²) in [5, 5.41) is 4.11. The zero-order valence-corrected chi connectivity index (χ0v) is 14.3. The fourth-order valence-corrected chi connectivity index (χ4v) is 2.09. The fourth-order valence-electron chi connectivity index (χ4n) is 2.09. The van der Waals surface area contributed by atoms with E-state index in [1.807, 2.05) is 5.32 Å². The Morgan fingerprint density at radius 3 is 2.41 bits per heavy atom. The number of furan rings is 1. The average molecular weight is 384 g/mol. The predicted molar refractivity (Wildman–Crippen MR) is 86.4 cm³/mol. The van der Waals surface area contributed by atoms with Crippen LogP contribution in [0.25, 0.3) is 0 Å². The van der Waals surface area contributed by atoms with Crippen molar-refractivity contribution in [2.45, 2.75) is 13.8 Å². The van der Waals surface area contributed by atoms with Crippen LogP contribution >= 0.6 is 0 Å². The third-order valence-corrected chi connectivity index (χ3v) is 3.35. The highest BCUT2D eigenvalue weighted by Crippen LogP contribution is 2.19. The number of hydrogen-bond donors (Lipinski definition) is 2. The number of carbonyl (C=O) groups is 3. The Labute approximate surface area is 151 Å². The number of benzene rings is 1. The molecule has 2 N–H and O–H groups in total. The number of ether oxygens (including phenoxy) is 1. The highest BCUT2D eigenvalue weighted by molar-refractivity contribution is 5.95. The van der Waals surface area contributed by atoms with Crippen molar-refractivity contribution in [1.29, 1.82) is 0 Å². The molecule has 2 amide bonds. The van der Waals surface area contributed by atoms with Crippen molar-refractivity contribution >= 4 is 23.5 Å². The molecule has 0 atom stereocenters. The summed E-state index contributed by atoms with van der Waals surface area (Å²) in [6.07, 6.45) is 0. The molecule has 2 aromatic rings. The van der Waals surface area contributed by atoms with Gasteiger partial charge in [0, 0.05) is 0 Å². The molecule has 0 bridgehead atoms. The van der Waals surface area contributed by atoms with Crippen molar-refractivity contribution in [2.75, 3.05) is 18.5 Å². The Morgan fingerprint density at radius 1 is 1.07 bits per heavy atom. The van der Waals surface area contributed by atoms with Gasteiger partial charge in [-0.2, -0.15) is 0 Å². The first-order valence-electron chi connectivity index (χ1n) is 7.63. The van der Waals surface area contributed by atoms with Gasteiger partial charge in [0.05, 0.1) is 12.2 Å². The van der Waals surface area contributed by atoms with E-state index in [4.69, 9.17) is 9.15 Å². The van der Waals surface area contributed by atoms with Crippen molar-refractivity contribution < 1.29 is 36.7 Å². The van der Waals surface area contributed by atoms with Crippen molar-refractivity contribution in [1.82, 2.24) is 5.32 Å². The molecule has 0 radical (unpaired) electrons. The molecule has 0 aliphatic heterocycles. The fraction of sp³-hybridized carbons (Fsp3) is 0.235. The molecule has 0 aliphatic carbocycles. The minimum absolute atomic E-state index is 0.173. The number of carbonyl (C=O) groups excluding carboxylic acids is 3. The van der Waals surface area contributed by atoms with E-state index in [0.29, 0.717) is 17.6 Å². The summed E-state index contributed by atoms with van der Waals surface area (Å²) in [5.41, 5.74) is -0.405. The number of aryl methyl sites for hydroxylation is 2. The van der Waals surface area contributed by atoms with Gasteiger partial charge in [-0.25, -0.2) is 18.0 Å². The number of anilines is 1. The molecule has 0 unspecified atom stereocenters. The molecule has 27 heavy (non-hydrogen) atoms. The summed E-state index contributed by atoms with van der Waals surface area (Å²) < 4.78 is 49.3. The summed E-state index contributed by atoms with van der Waals surface area (Å²) in [6.45, 7) is 1.95. The summed E-state index contributed by atoms with van der Waals surface area (Å²) >= 11 is 0. The molecule has 1 heterocycles. The molecule has 0 fully saturated rings. The minimum atomic E-state index is -1.73. The smallest absolute Gasteiger partial charge is 0.342 e. The highest BCUT2D eigenvalue weighted by Gasteiger charge is 2.18. The minimum Gasteiger partial charge on any atom is -0.466 e. The molecule has 144 valence electrons. The lowest BCUT2D eigenvalue weighted by atomic mass is 10.2. The van der Waals surface area contributed by atoms with Crippen LogP contribution in [0.15, 0.2) is 22.6 Å². The number of nitrogens with one attached hydrogen (secondary N) is 2. The first-order chi connectivity index (χ1) is 12.7. The second-order valence-electron chi connectivity index (χ2n) is 5.45. The lowest BCUT2D eigenvalue weighted by Crippen LogP contribution is -2.35. The zero-order chi connectivity index (χ0) is 20.1. The first-order valence-corrected chi connectivity index (χ1v) is 7.63. The third-order valence-electron chi connectivity index (χ3n) is 3.35. The Morgan fingerprint density at radius 2 is 1.78 bits per heavy atom. The molecule has 1 aromatic carbocycles. The predicted octanol–water partition coefficient (Wildman–Crippen LogP) is 2.23. The molecule has 0 spiro atoms. The van der Waals surface area contributed by atoms with Crippen molar-refractivity contribution in [3.63, 3.8) is 0 Å². The highest BCUT2D eigenvalue weighted by atomic mass is 19.2. The van der Waals surface area contributed by atoms with Crippen molar-refractivity contribution in [3.8, 4) is 0 Å². The number of halogens is 3. The SMILES string of the molecule is Cc1cc(C(=O)OCC(=O)NCC(=O)Nc2ccc(F)c(F)c2F)c(C)o1. The van der Waals surface area contributed by atoms with Gasteiger partial charge in [-0.05, 0) is 32.0 Å². The second kappa shape index (κ2) is 8.39. The molecule has 7 nitrogen and oxygen atoms in total. The number of amides is 2. The van der Waals surface area contributed by atoms with Crippen LogP contribution in [0.1, 0.15) is 21.9 Å². The van der Waals surface area contributed by atoms with Gasteiger partial charge >= 0.3 is 5.97 Å². The number of hydrogen-bond acceptors (Lipinski definition) is 5. The van der Waals surface area contributed by atoms with Gasteiger partial charge in [-0.1, -0.05) is 0 Å². The third kappa shape index (κ3) is 5.09. The van der Waals surface area contributed by atoms with E-state index in [9.17, 15) is 27.6 Å². The summed E-state index contributed by atoms with van der Waals surface area (Å²) in [4.78, 5) is 35.1. The van der Waals surface area contributed by atoms with Gasteiger partial charge in [0.1, 0.15) is 17.1 Å². The Kier molecular flexibility index (Phi) is 6.22. The van der Waals surface area contributed by atoms with E-state index >= 15 is 0 Å². The van der Waals surface area contributed by atoms with Gasteiger partial charge in [0.2, 0.25) is 5.91 Å². The number of esters is 1. The molecular weight excluding hydrogens is 369 g/mol. The van der Waals surface area contributed by atoms with Gasteiger partial charge in [-0.15, -0.1) is 0 Å². The van der Waals surface area contributed by atoms with Gasteiger partial charge < -0.3 is 19.8 Å². The Hall–Kier alpha value is -3.30. The first kappa shape index (κ1) is 20.0. The van der Waals surface area contributed by atoms with E-state index in [-0.39, 0.29) is 5.56 Å². The quantitative estimate of drug-likeness (QED) is 0.588. The monoisotopic (exact) mass is 384 g/mol. The topological polar surface area (TPSA) is 97.6 Å². The average Bonchev–Trinajstić information content (AvgIpc) is 2.96. The van der Waals surface area contributed by atoms with Crippen LogP contribution in [-0.2, 0) is 14.3 Å². The largest absolute Gasteiger partial charge is 0.466 e. The van der Waals surface area contributed by atoms with E-state index in [2.05, 4.69) is 5.32 Å². The normalized spacial score (nSPS) is 10.4. The molecular formula is C17H15F3N2O5. The molecule has 0 saturated heterocycles. The summed E-state index contributed by atoms with van der Waals surface area (Å²) in [6, 6.07) is 2.94. The van der Waals surface area contributed by atoms with Gasteiger partial charge in [0.15, 0.2) is 24.1 Å². The number of rotatable bonds is 6. The Bertz CT molecular complexity index is 895. The summed E-state index contributed by atoms with van der Waals surface area (Å²) in [5.74, 6) is -6.29. The van der Waals surface area contributed by atoms with Crippen LogP contribution in [-0.4, -0.2) is 30.9 Å². The second-order valence-corrected chi connectivity index (χ2v) is 5.45. The van der Waals surface area contributed by atoms with Crippen molar-refractivity contribution in [2.24, 2.45) is 0 Å². The lowest BCUT2D eigenvalue weighted by molar-refractivity contribution is -0.126. The molecule has 1 aromatic heterocycles. The van der Waals surface area contributed by atoms with E-state index in [1.165, 1.54) is 6.07 Å². The summed E-state index contributed by atoms with van der Waals surface area (Å²) in [7, 11) is 0.